The summed E-state index contributed by atoms with van der Waals surface area (Å²) in [6.07, 6.45) is 7.84. The van der Waals surface area contributed by atoms with Crippen molar-refractivity contribution in [1.29, 1.82) is 0 Å². The Morgan fingerprint density at radius 3 is 2.61 bits per heavy atom. The Morgan fingerprint density at radius 1 is 1.11 bits per heavy atom. The molecular formula is C24H29BN2O. The summed E-state index contributed by atoms with van der Waals surface area (Å²) < 4.78 is 6.39. The number of furan rings is 1. The van der Waals surface area contributed by atoms with Crippen LogP contribution in [-0.2, 0) is 0 Å². The molecule has 1 aliphatic carbocycles. The van der Waals surface area contributed by atoms with Gasteiger partial charge in [-0.2, -0.15) is 0 Å². The summed E-state index contributed by atoms with van der Waals surface area (Å²) in [4.78, 5) is 7.25. The van der Waals surface area contributed by atoms with Crippen LogP contribution in [0.5, 0.6) is 0 Å². The summed E-state index contributed by atoms with van der Waals surface area (Å²) in [5.41, 5.74) is 5.30. The lowest BCUT2D eigenvalue weighted by molar-refractivity contribution is 0.646. The first kappa shape index (κ1) is 17.8. The van der Waals surface area contributed by atoms with Crippen molar-refractivity contribution in [2.24, 2.45) is 0 Å². The molecule has 1 aromatic carbocycles. The zero-order valence-electron chi connectivity index (χ0n) is 17.4. The van der Waals surface area contributed by atoms with Gasteiger partial charge in [0.05, 0.1) is 5.69 Å². The van der Waals surface area contributed by atoms with Crippen LogP contribution in [0.15, 0.2) is 40.9 Å². The van der Waals surface area contributed by atoms with E-state index in [0.717, 1.165) is 28.2 Å². The zero-order chi connectivity index (χ0) is 19.4. The smallest absolute Gasteiger partial charge is 0.227 e. The van der Waals surface area contributed by atoms with Gasteiger partial charge in [-0.25, -0.2) is 4.98 Å². The van der Waals surface area contributed by atoms with E-state index in [1.807, 2.05) is 0 Å². The first-order chi connectivity index (χ1) is 13.5. The molecule has 0 bridgehead atoms. The maximum absolute atomic E-state index is 6.39. The maximum Gasteiger partial charge on any atom is 0.227 e. The second-order valence-electron chi connectivity index (χ2n) is 9.06. The molecule has 0 saturated heterocycles. The molecule has 3 nitrogen and oxygen atoms in total. The van der Waals surface area contributed by atoms with Crippen LogP contribution in [0.1, 0.15) is 63.6 Å². The number of fused-ring (bicyclic) bond motifs is 3. The monoisotopic (exact) mass is 372 g/mol. The number of hydrogen-bond donors (Lipinski definition) is 0. The molecule has 0 radical (unpaired) electrons. The van der Waals surface area contributed by atoms with E-state index in [0.29, 0.717) is 18.6 Å². The van der Waals surface area contributed by atoms with Crippen molar-refractivity contribution in [3.8, 4) is 0 Å². The fourth-order valence-electron chi connectivity index (χ4n) is 5.31. The average Bonchev–Trinajstić information content (AvgIpc) is 3.39. The molecule has 2 aromatic heterocycles. The number of hydrogen-bond acceptors (Lipinski definition) is 3. The Hall–Kier alpha value is -2.23. The molecule has 28 heavy (non-hydrogen) atoms. The largest absolute Gasteiger partial charge is 0.435 e. The van der Waals surface area contributed by atoms with Gasteiger partial charge in [-0.1, -0.05) is 70.4 Å². The van der Waals surface area contributed by atoms with E-state index in [2.05, 4.69) is 69.0 Å². The number of benzene rings is 1. The van der Waals surface area contributed by atoms with Crippen LogP contribution < -0.4 is 4.90 Å². The van der Waals surface area contributed by atoms with Gasteiger partial charge < -0.3 is 9.32 Å². The molecule has 1 saturated carbocycles. The van der Waals surface area contributed by atoms with Crippen LogP contribution in [-0.4, -0.2) is 17.6 Å². The van der Waals surface area contributed by atoms with Crippen molar-refractivity contribution < 1.29 is 4.42 Å². The van der Waals surface area contributed by atoms with Crippen LogP contribution >= 0.6 is 0 Å². The molecule has 1 aliphatic heterocycles. The van der Waals surface area contributed by atoms with E-state index < -0.39 is 0 Å². The second-order valence-corrected chi connectivity index (χ2v) is 9.06. The van der Waals surface area contributed by atoms with E-state index >= 15 is 0 Å². The highest BCUT2D eigenvalue weighted by atomic mass is 16.3. The molecule has 4 heteroatoms. The molecular weight excluding hydrogens is 343 g/mol. The Morgan fingerprint density at radius 2 is 1.86 bits per heavy atom. The summed E-state index contributed by atoms with van der Waals surface area (Å²) >= 11 is 0. The normalized spacial score (nSPS) is 20.5. The molecule has 3 aromatic rings. The fourth-order valence-corrected chi connectivity index (χ4v) is 5.31. The summed E-state index contributed by atoms with van der Waals surface area (Å²) in [5, 5.41) is 2.28. The van der Waals surface area contributed by atoms with Crippen molar-refractivity contribution in [1.82, 2.24) is 4.98 Å². The lowest BCUT2D eigenvalue weighted by Crippen LogP contribution is -2.38. The topological polar surface area (TPSA) is 29.3 Å². The third-order valence-electron chi connectivity index (χ3n) is 6.96. The number of rotatable bonds is 3. The Bertz CT molecular complexity index is 1060. The molecule has 2 aliphatic rings. The van der Waals surface area contributed by atoms with Gasteiger partial charge in [0.1, 0.15) is 0 Å². The molecule has 0 N–H and O–H groups in total. The minimum Gasteiger partial charge on any atom is -0.435 e. The molecule has 1 atom stereocenters. The van der Waals surface area contributed by atoms with Crippen molar-refractivity contribution in [3.63, 3.8) is 0 Å². The summed E-state index contributed by atoms with van der Waals surface area (Å²) in [6.45, 7) is 9.56. The standard InChI is InChI=1S/C24H29BN2O/c1-15(2)21-12-11-20-19-10-9-16(3)22(23(19)28-24(20)26-21)27-14-13-25(17(27)4)18-7-5-6-8-18/h9-15,17-18H,5-8H2,1-4H3/t17-/m0/s1. The summed E-state index contributed by atoms with van der Waals surface area (Å²) in [7, 11) is 0. The third kappa shape index (κ3) is 2.68. The average molecular weight is 372 g/mol. The highest BCUT2D eigenvalue weighted by molar-refractivity contribution is 6.69. The van der Waals surface area contributed by atoms with Gasteiger partial charge in [0.25, 0.3) is 0 Å². The zero-order valence-corrected chi connectivity index (χ0v) is 17.4. The van der Waals surface area contributed by atoms with Crippen molar-refractivity contribution in [2.75, 3.05) is 4.90 Å². The van der Waals surface area contributed by atoms with Gasteiger partial charge >= 0.3 is 0 Å². The third-order valence-corrected chi connectivity index (χ3v) is 6.96. The highest BCUT2D eigenvalue weighted by Gasteiger charge is 2.38. The van der Waals surface area contributed by atoms with E-state index in [9.17, 15) is 0 Å². The maximum atomic E-state index is 6.39. The Balaban J connectivity index is 1.62. The number of aromatic nitrogens is 1. The van der Waals surface area contributed by atoms with Crippen LogP contribution in [0.2, 0.25) is 5.82 Å². The Labute approximate surface area is 167 Å². The summed E-state index contributed by atoms with van der Waals surface area (Å²) in [6, 6.07) is 8.73. The number of aryl methyl sites for hydroxylation is 1. The molecule has 1 fully saturated rings. The lowest BCUT2D eigenvalue weighted by atomic mass is 9.37. The lowest BCUT2D eigenvalue weighted by Gasteiger charge is -2.29. The van der Waals surface area contributed by atoms with Crippen molar-refractivity contribution in [3.05, 3.63) is 47.7 Å². The number of anilines is 1. The molecule has 5 rings (SSSR count). The fraction of sp³-hybridized carbons (Fsp3) is 0.458. The van der Waals surface area contributed by atoms with Crippen LogP contribution in [0, 0.1) is 6.92 Å². The van der Waals surface area contributed by atoms with Crippen LogP contribution in [0.25, 0.3) is 22.1 Å². The van der Waals surface area contributed by atoms with Gasteiger partial charge in [0.15, 0.2) is 12.3 Å². The first-order valence-corrected chi connectivity index (χ1v) is 10.8. The van der Waals surface area contributed by atoms with Crippen molar-refractivity contribution in [2.45, 2.75) is 71.1 Å². The molecule has 3 heterocycles. The van der Waals surface area contributed by atoms with Crippen LogP contribution in [0.3, 0.4) is 0 Å². The predicted octanol–water partition coefficient (Wildman–Crippen LogP) is 6.65. The number of nitrogens with zero attached hydrogens (tertiary/aromatic N) is 2. The van der Waals surface area contributed by atoms with Gasteiger partial charge in [-0.05, 0) is 36.7 Å². The molecule has 0 spiro atoms. The van der Waals surface area contributed by atoms with Gasteiger partial charge in [0, 0.05) is 22.4 Å². The Kier molecular flexibility index (Phi) is 4.26. The van der Waals surface area contributed by atoms with E-state index in [1.165, 1.54) is 42.3 Å². The summed E-state index contributed by atoms with van der Waals surface area (Å²) in [5.74, 6) is 4.14. The van der Waals surface area contributed by atoms with Gasteiger partial charge in [-0.15, -0.1) is 0 Å². The predicted molar refractivity (Wildman–Crippen MR) is 119 cm³/mol. The first-order valence-electron chi connectivity index (χ1n) is 10.8. The van der Waals surface area contributed by atoms with Crippen molar-refractivity contribution >= 4 is 34.5 Å². The van der Waals surface area contributed by atoms with E-state index in [-0.39, 0.29) is 0 Å². The molecule has 0 unspecified atom stereocenters. The SMILES string of the molecule is Cc1ccc2c(oc3nc(C(C)C)ccc32)c1N1C=CB(C2CCCC2)[C@@H]1C. The quantitative estimate of drug-likeness (QED) is 0.482. The van der Waals surface area contributed by atoms with E-state index in [4.69, 9.17) is 9.40 Å². The minimum atomic E-state index is 0.396. The van der Waals surface area contributed by atoms with Gasteiger partial charge in [0.2, 0.25) is 5.71 Å². The second kappa shape index (κ2) is 6.68. The minimum absolute atomic E-state index is 0.396. The van der Waals surface area contributed by atoms with E-state index in [1.54, 1.807) is 0 Å². The molecule has 144 valence electrons. The highest BCUT2D eigenvalue weighted by Crippen LogP contribution is 2.42. The molecule has 0 amide bonds. The van der Waals surface area contributed by atoms with Crippen LogP contribution in [0.4, 0.5) is 5.69 Å². The van der Waals surface area contributed by atoms with Gasteiger partial charge in [-0.3, -0.25) is 0 Å². The number of pyridine rings is 1.